The number of methoxy groups -OCH3 is 1. The molecule has 178 valence electrons. The monoisotopic (exact) mass is 480 g/mol. The summed E-state index contributed by atoms with van der Waals surface area (Å²) in [6, 6.07) is 14.2. The van der Waals surface area contributed by atoms with Gasteiger partial charge in [0.05, 0.1) is 30.2 Å². The summed E-state index contributed by atoms with van der Waals surface area (Å²) in [7, 11) is 1.16. The van der Waals surface area contributed by atoms with Crippen molar-refractivity contribution in [1.82, 2.24) is 5.32 Å². The Morgan fingerprint density at radius 2 is 1.26 bits per heavy atom. The molecule has 0 radical (unpaired) electrons. The number of esters is 1. The molecule has 2 aliphatic heterocycles. The summed E-state index contributed by atoms with van der Waals surface area (Å²) in [4.78, 5) is 41.3. The number of nitrogens with zero attached hydrogens (tertiary/aromatic N) is 1. The predicted molar refractivity (Wildman–Crippen MR) is 118 cm³/mol. The van der Waals surface area contributed by atoms with Gasteiger partial charge in [0.1, 0.15) is 23.5 Å². The van der Waals surface area contributed by atoms with E-state index < -0.39 is 58.7 Å². The molecule has 0 bridgehead atoms. The minimum atomic E-state index is -1.49. The van der Waals surface area contributed by atoms with Gasteiger partial charge in [0.15, 0.2) is 0 Å². The fourth-order valence-electron chi connectivity index (χ4n) is 5.20. The number of hydrogen-bond donors (Lipinski definition) is 1. The van der Waals surface area contributed by atoms with Crippen molar-refractivity contribution in [3.05, 3.63) is 101 Å². The van der Waals surface area contributed by atoms with Crippen molar-refractivity contribution in [2.24, 2.45) is 11.8 Å². The van der Waals surface area contributed by atoms with Gasteiger partial charge in [-0.15, -0.1) is 0 Å². The lowest BCUT2D eigenvalue weighted by atomic mass is 9.71. The Morgan fingerprint density at radius 3 is 1.71 bits per heavy atom. The smallest absolute Gasteiger partial charge is 0.323 e. The Morgan fingerprint density at radius 1 is 0.800 bits per heavy atom. The first-order valence-electron chi connectivity index (χ1n) is 10.8. The zero-order chi connectivity index (χ0) is 24.9. The molecular weight excluding hydrogens is 461 g/mol. The van der Waals surface area contributed by atoms with Gasteiger partial charge in [-0.25, -0.2) is 18.1 Å². The number of imide groups is 1. The van der Waals surface area contributed by atoms with E-state index in [1.54, 1.807) is 0 Å². The summed E-state index contributed by atoms with van der Waals surface area (Å²) in [5.41, 5.74) is -0.554. The minimum Gasteiger partial charge on any atom is -0.468 e. The fraction of sp³-hybridized carbons (Fsp3) is 0.192. The van der Waals surface area contributed by atoms with Gasteiger partial charge in [-0.2, -0.15) is 0 Å². The number of hydrogen-bond acceptors (Lipinski definition) is 5. The van der Waals surface area contributed by atoms with E-state index in [0.29, 0.717) is 11.1 Å². The van der Waals surface area contributed by atoms with Crippen LogP contribution < -0.4 is 10.2 Å². The lowest BCUT2D eigenvalue weighted by molar-refractivity contribution is -0.145. The first-order chi connectivity index (χ1) is 16.8. The largest absolute Gasteiger partial charge is 0.468 e. The molecule has 2 saturated heterocycles. The standard InChI is InChI=1S/C26H19F3N2O4/c1-35-25(34)22-20-21(24(33)31(23(20)32)19-12-10-18(29)11-13-19)26(30-22,14-2-6-16(27)7-3-14)15-4-8-17(28)9-5-15/h2-13,20-22,30H,1H3/t20-,21+,22+/m0/s1. The molecule has 2 fully saturated rings. The molecule has 0 aromatic heterocycles. The molecule has 0 spiro atoms. The SMILES string of the molecule is COC(=O)[C@@H]1NC(c2ccc(F)cc2)(c2ccc(F)cc2)[C@H]2C(=O)N(c3ccc(F)cc3)C(=O)[C@H]12. The zero-order valence-electron chi connectivity index (χ0n) is 18.4. The molecular formula is C26H19F3N2O4. The molecule has 2 aliphatic rings. The number of rotatable bonds is 4. The van der Waals surface area contributed by atoms with Crippen LogP contribution in [0, 0.1) is 29.3 Å². The third-order valence-electron chi connectivity index (χ3n) is 6.70. The number of halogens is 3. The van der Waals surface area contributed by atoms with Gasteiger partial charge >= 0.3 is 5.97 Å². The number of amides is 2. The van der Waals surface area contributed by atoms with Gasteiger partial charge < -0.3 is 4.74 Å². The second-order valence-electron chi connectivity index (χ2n) is 8.46. The van der Waals surface area contributed by atoms with Crippen molar-refractivity contribution in [3.8, 4) is 0 Å². The molecule has 5 rings (SSSR count). The van der Waals surface area contributed by atoms with E-state index in [4.69, 9.17) is 4.74 Å². The molecule has 2 amide bonds. The number of carbonyl (C=O) groups is 3. The van der Waals surface area contributed by atoms with E-state index in [2.05, 4.69) is 5.32 Å². The summed E-state index contributed by atoms with van der Waals surface area (Å²) in [5, 5.41) is 3.12. The van der Waals surface area contributed by atoms with E-state index in [1.807, 2.05) is 0 Å². The molecule has 0 aliphatic carbocycles. The zero-order valence-corrected chi connectivity index (χ0v) is 18.4. The third-order valence-corrected chi connectivity index (χ3v) is 6.70. The lowest BCUT2D eigenvalue weighted by Gasteiger charge is -2.36. The van der Waals surface area contributed by atoms with Crippen molar-refractivity contribution < 1.29 is 32.3 Å². The number of anilines is 1. The first-order valence-corrected chi connectivity index (χ1v) is 10.8. The molecule has 3 atom stereocenters. The maximum Gasteiger partial charge on any atom is 0.323 e. The maximum atomic E-state index is 13.9. The van der Waals surface area contributed by atoms with Crippen molar-refractivity contribution in [2.75, 3.05) is 12.0 Å². The molecule has 0 saturated carbocycles. The number of nitrogens with one attached hydrogen (secondary N) is 1. The minimum absolute atomic E-state index is 0.145. The van der Waals surface area contributed by atoms with Crippen LogP contribution in [0.4, 0.5) is 18.9 Å². The van der Waals surface area contributed by atoms with Crippen LogP contribution in [-0.4, -0.2) is 30.9 Å². The molecule has 0 unspecified atom stereocenters. The summed E-state index contributed by atoms with van der Waals surface area (Å²) >= 11 is 0. The highest BCUT2D eigenvalue weighted by Crippen LogP contribution is 2.52. The lowest BCUT2D eigenvalue weighted by Crippen LogP contribution is -2.52. The molecule has 2 heterocycles. The summed E-state index contributed by atoms with van der Waals surface area (Å²) < 4.78 is 46.1. The number of ether oxygens (including phenoxy) is 1. The average Bonchev–Trinajstić information content (AvgIpc) is 3.35. The molecule has 1 N–H and O–H groups in total. The van der Waals surface area contributed by atoms with E-state index in [9.17, 15) is 27.6 Å². The summed E-state index contributed by atoms with van der Waals surface area (Å²) in [5.74, 6) is -6.02. The Labute approximate surface area is 198 Å². The number of carbonyl (C=O) groups excluding carboxylic acids is 3. The number of benzene rings is 3. The van der Waals surface area contributed by atoms with Gasteiger partial charge in [0.25, 0.3) is 0 Å². The van der Waals surface area contributed by atoms with Crippen LogP contribution in [0.25, 0.3) is 0 Å². The highest BCUT2D eigenvalue weighted by atomic mass is 19.1. The highest BCUT2D eigenvalue weighted by Gasteiger charge is 2.68. The van der Waals surface area contributed by atoms with Crippen molar-refractivity contribution >= 4 is 23.5 Å². The van der Waals surface area contributed by atoms with Crippen molar-refractivity contribution in [1.29, 1.82) is 0 Å². The van der Waals surface area contributed by atoms with E-state index in [1.165, 1.54) is 60.7 Å². The second-order valence-corrected chi connectivity index (χ2v) is 8.46. The molecule has 3 aromatic rings. The van der Waals surface area contributed by atoms with Crippen LogP contribution in [0.5, 0.6) is 0 Å². The van der Waals surface area contributed by atoms with Gasteiger partial charge in [-0.05, 0) is 59.7 Å². The molecule has 6 nitrogen and oxygen atoms in total. The van der Waals surface area contributed by atoms with E-state index in [0.717, 1.165) is 24.1 Å². The van der Waals surface area contributed by atoms with E-state index in [-0.39, 0.29) is 5.69 Å². The molecule has 9 heteroatoms. The number of fused-ring (bicyclic) bond motifs is 1. The summed E-state index contributed by atoms with van der Waals surface area (Å²) in [6.07, 6.45) is 0. The van der Waals surface area contributed by atoms with Gasteiger partial charge in [0, 0.05) is 0 Å². The Bertz CT molecular complexity index is 1260. The van der Waals surface area contributed by atoms with Gasteiger partial charge in [-0.3, -0.25) is 19.7 Å². The highest BCUT2D eigenvalue weighted by molar-refractivity contribution is 6.24. The Hall–Kier alpha value is -3.98. The fourth-order valence-corrected chi connectivity index (χ4v) is 5.20. The Kier molecular flexibility index (Phi) is 5.44. The van der Waals surface area contributed by atoms with Gasteiger partial charge in [0.2, 0.25) is 11.8 Å². The molecule has 35 heavy (non-hydrogen) atoms. The average molecular weight is 480 g/mol. The summed E-state index contributed by atoms with van der Waals surface area (Å²) in [6.45, 7) is 0. The van der Waals surface area contributed by atoms with Crippen LogP contribution in [0.1, 0.15) is 11.1 Å². The Balaban J connectivity index is 1.75. The van der Waals surface area contributed by atoms with E-state index >= 15 is 0 Å². The van der Waals surface area contributed by atoms with Crippen LogP contribution in [0.2, 0.25) is 0 Å². The van der Waals surface area contributed by atoms with Crippen LogP contribution in [0.3, 0.4) is 0 Å². The first kappa shape index (κ1) is 22.8. The quantitative estimate of drug-likeness (QED) is 0.458. The molecule has 3 aromatic carbocycles. The van der Waals surface area contributed by atoms with Crippen LogP contribution >= 0.6 is 0 Å². The normalized spacial score (nSPS) is 22.9. The maximum absolute atomic E-state index is 13.9. The van der Waals surface area contributed by atoms with Crippen molar-refractivity contribution in [3.63, 3.8) is 0 Å². The van der Waals surface area contributed by atoms with Crippen molar-refractivity contribution in [2.45, 2.75) is 11.6 Å². The topological polar surface area (TPSA) is 75.7 Å². The second kappa shape index (κ2) is 8.35. The van der Waals surface area contributed by atoms with Gasteiger partial charge in [-0.1, -0.05) is 24.3 Å². The van der Waals surface area contributed by atoms with Crippen LogP contribution in [0.15, 0.2) is 72.8 Å². The van der Waals surface area contributed by atoms with Crippen LogP contribution in [-0.2, 0) is 24.7 Å². The predicted octanol–water partition coefficient (Wildman–Crippen LogP) is 3.30. The third kappa shape index (κ3) is 3.42.